The predicted octanol–water partition coefficient (Wildman–Crippen LogP) is 1.93. The minimum atomic E-state index is -3.69. The first-order chi connectivity index (χ1) is 14.5. The van der Waals surface area contributed by atoms with Gasteiger partial charge in [0.2, 0.25) is 15.9 Å². The summed E-state index contributed by atoms with van der Waals surface area (Å²) in [4.78, 5) is 26.8. The number of hydrogen-bond acceptors (Lipinski definition) is 4. The standard InChI is InChI=1S/C21H32N4O4S/c26-20-12-16-25(30(28,29)19-10-5-2-6-11-19)15-7-14-24(17-13-22-20)21(27)23-18-8-3-1-4-9-18/h2,5-6,10-11,18H,1,3-4,7-9,12-17H2,(H,22,26)(H,23,27). The minimum Gasteiger partial charge on any atom is -0.354 e. The molecule has 1 saturated carbocycles. The Morgan fingerprint density at radius 1 is 0.967 bits per heavy atom. The third-order valence-corrected chi connectivity index (χ3v) is 7.64. The Kier molecular flexibility index (Phi) is 8.09. The van der Waals surface area contributed by atoms with E-state index in [1.807, 2.05) is 0 Å². The number of benzene rings is 1. The van der Waals surface area contributed by atoms with Crippen LogP contribution in [0.2, 0.25) is 0 Å². The Morgan fingerprint density at radius 2 is 1.70 bits per heavy atom. The number of amides is 3. The van der Waals surface area contributed by atoms with Crippen LogP contribution in [0, 0.1) is 0 Å². The lowest BCUT2D eigenvalue weighted by molar-refractivity contribution is -0.121. The highest BCUT2D eigenvalue weighted by atomic mass is 32.2. The number of urea groups is 1. The van der Waals surface area contributed by atoms with Crippen LogP contribution in [0.4, 0.5) is 4.79 Å². The molecule has 30 heavy (non-hydrogen) atoms. The summed E-state index contributed by atoms with van der Waals surface area (Å²) in [6.07, 6.45) is 6.09. The van der Waals surface area contributed by atoms with Crippen LogP contribution < -0.4 is 10.6 Å². The zero-order valence-electron chi connectivity index (χ0n) is 17.4. The van der Waals surface area contributed by atoms with Gasteiger partial charge in [0.1, 0.15) is 0 Å². The van der Waals surface area contributed by atoms with Crippen LogP contribution in [0.15, 0.2) is 35.2 Å². The summed E-state index contributed by atoms with van der Waals surface area (Å²) < 4.78 is 27.4. The molecular weight excluding hydrogens is 404 g/mol. The van der Waals surface area contributed by atoms with Gasteiger partial charge in [-0.2, -0.15) is 4.31 Å². The highest BCUT2D eigenvalue weighted by Gasteiger charge is 2.26. The molecule has 1 aromatic rings. The Hall–Kier alpha value is -2.13. The molecule has 2 N–H and O–H groups in total. The van der Waals surface area contributed by atoms with E-state index in [0.29, 0.717) is 26.1 Å². The molecule has 9 heteroatoms. The first-order valence-electron chi connectivity index (χ1n) is 10.8. The van der Waals surface area contributed by atoms with Gasteiger partial charge in [-0.25, -0.2) is 13.2 Å². The molecule has 2 aliphatic rings. The van der Waals surface area contributed by atoms with Gasteiger partial charge in [0, 0.05) is 45.2 Å². The molecule has 1 aliphatic heterocycles. The van der Waals surface area contributed by atoms with E-state index in [4.69, 9.17) is 0 Å². The monoisotopic (exact) mass is 436 g/mol. The van der Waals surface area contributed by atoms with E-state index in [2.05, 4.69) is 10.6 Å². The van der Waals surface area contributed by atoms with Crippen LogP contribution in [-0.2, 0) is 14.8 Å². The van der Waals surface area contributed by atoms with E-state index < -0.39 is 10.0 Å². The maximum Gasteiger partial charge on any atom is 0.317 e. The van der Waals surface area contributed by atoms with E-state index in [0.717, 1.165) is 25.7 Å². The van der Waals surface area contributed by atoms with Gasteiger partial charge in [-0.05, 0) is 31.4 Å². The Morgan fingerprint density at radius 3 is 2.43 bits per heavy atom. The van der Waals surface area contributed by atoms with Gasteiger partial charge in [-0.1, -0.05) is 37.5 Å². The van der Waals surface area contributed by atoms with Gasteiger partial charge < -0.3 is 15.5 Å². The highest BCUT2D eigenvalue weighted by molar-refractivity contribution is 7.89. The highest BCUT2D eigenvalue weighted by Crippen LogP contribution is 2.18. The smallest absolute Gasteiger partial charge is 0.317 e. The van der Waals surface area contributed by atoms with E-state index >= 15 is 0 Å². The molecule has 0 spiro atoms. The second-order valence-corrected chi connectivity index (χ2v) is 9.88. The third kappa shape index (κ3) is 6.18. The average Bonchev–Trinajstić information content (AvgIpc) is 2.79. The topological polar surface area (TPSA) is 98.8 Å². The van der Waals surface area contributed by atoms with Crippen molar-refractivity contribution in [2.75, 3.05) is 32.7 Å². The first kappa shape index (κ1) is 22.6. The third-order valence-electron chi connectivity index (χ3n) is 5.73. The number of carbonyl (C=O) groups excluding carboxylic acids is 2. The largest absolute Gasteiger partial charge is 0.354 e. The minimum absolute atomic E-state index is 0.0976. The molecule has 166 valence electrons. The van der Waals surface area contributed by atoms with Crippen LogP contribution in [0.5, 0.6) is 0 Å². The molecule has 0 radical (unpaired) electrons. The predicted molar refractivity (Wildman–Crippen MR) is 114 cm³/mol. The summed E-state index contributed by atoms with van der Waals surface area (Å²) in [5.74, 6) is -0.210. The van der Waals surface area contributed by atoms with Crippen LogP contribution in [-0.4, -0.2) is 68.3 Å². The maximum atomic E-state index is 13.0. The van der Waals surface area contributed by atoms with Crippen LogP contribution >= 0.6 is 0 Å². The molecule has 1 heterocycles. The molecule has 1 aromatic carbocycles. The number of nitrogens with one attached hydrogen (secondary N) is 2. The fraction of sp³-hybridized carbons (Fsp3) is 0.619. The van der Waals surface area contributed by atoms with Crippen molar-refractivity contribution in [2.24, 2.45) is 0 Å². The fourth-order valence-electron chi connectivity index (χ4n) is 4.00. The van der Waals surface area contributed by atoms with Crippen molar-refractivity contribution in [3.05, 3.63) is 30.3 Å². The van der Waals surface area contributed by atoms with Gasteiger partial charge in [-0.3, -0.25) is 4.79 Å². The summed E-state index contributed by atoms with van der Waals surface area (Å²) in [5, 5.41) is 5.91. The van der Waals surface area contributed by atoms with Crippen molar-refractivity contribution < 1.29 is 18.0 Å². The number of rotatable bonds is 3. The molecule has 0 atom stereocenters. The van der Waals surface area contributed by atoms with Gasteiger partial charge in [0.05, 0.1) is 4.90 Å². The van der Waals surface area contributed by atoms with Crippen molar-refractivity contribution in [1.82, 2.24) is 19.8 Å². The molecule has 0 unspecified atom stereocenters. The second kappa shape index (κ2) is 10.8. The van der Waals surface area contributed by atoms with Gasteiger partial charge >= 0.3 is 6.03 Å². The Bertz CT molecular complexity index is 810. The lowest BCUT2D eigenvalue weighted by Crippen LogP contribution is -2.48. The van der Waals surface area contributed by atoms with Crippen LogP contribution in [0.3, 0.4) is 0 Å². The van der Waals surface area contributed by atoms with E-state index in [1.165, 1.54) is 10.7 Å². The summed E-state index contributed by atoms with van der Waals surface area (Å²) in [6.45, 7) is 1.60. The summed E-state index contributed by atoms with van der Waals surface area (Å²) in [7, 11) is -3.69. The Labute approximate surface area is 179 Å². The normalized spacial score (nSPS) is 20.8. The van der Waals surface area contributed by atoms with E-state index in [1.54, 1.807) is 35.2 Å². The lowest BCUT2D eigenvalue weighted by Gasteiger charge is -2.29. The molecule has 0 aromatic heterocycles. The van der Waals surface area contributed by atoms with Gasteiger partial charge in [0.15, 0.2) is 0 Å². The van der Waals surface area contributed by atoms with Gasteiger partial charge in [0.25, 0.3) is 0 Å². The van der Waals surface area contributed by atoms with E-state index in [-0.39, 0.29) is 42.4 Å². The lowest BCUT2D eigenvalue weighted by atomic mass is 9.96. The fourth-order valence-corrected chi connectivity index (χ4v) is 5.50. The van der Waals surface area contributed by atoms with Crippen molar-refractivity contribution in [2.45, 2.75) is 55.9 Å². The summed E-state index contributed by atoms with van der Waals surface area (Å²) in [6, 6.07) is 8.32. The Balaban J connectivity index is 1.67. The molecular formula is C21H32N4O4S. The van der Waals surface area contributed by atoms with E-state index in [9.17, 15) is 18.0 Å². The quantitative estimate of drug-likeness (QED) is 0.756. The maximum absolute atomic E-state index is 13.0. The molecule has 1 saturated heterocycles. The van der Waals surface area contributed by atoms with Crippen LogP contribution in [0.25, 0.3) is 0 Å². The van der Waals surface area contributed by atoms with Crippen molar-refractivity contribution in [3.63, 3.8) is 0 Å². The number of carbonyl (C=O) groups is 2. The molecule has 1 aliphatic carbocycles. The molecule has 0 bridgehead atoms. The SMILES string of the molecule is O=C1CCN(S(=O)(=O)c2ccccc2)CCCN(C(=O)NC2CCCCC2)CCN1. The molecule has 3 amide bonds. The van der Waals surface area contributed by atoms with Crippen LogP contribution in [0.1, 0.15) is 44.9 Å². The average molecular weight is 437 g/mol. The summed E-state index contributed by atoms with van der Waals surface area (Å²) in [5.41, 5.74) is 0. The van der Waals surface area contributed by atoms with Gasteiger partial charge in [-0.15, -0.1) is 0 Å². The number of nitrogens with zero attached hydrogens (tertiary/aromatic N) is 2. The zero-order valence-corrected chi connectivity index (χ0v) is 18.2. The zero-order chi connectivity index (χ0) is 21.4. The number of hydrogen-bond donors (Lipinski definition) is 2. The van der Waals surface area contributed by atoms with Crippen molar-refractivity contribution in [3.8, 4) is 0 Å². The number of sulfonamides is 1. The second-order valence-electron chi connectivity index (χ2n) is 7.94. The molecule has 3 rings (SSSR count). The van der Waals surface area contributed by atoms with Crippen molar-refractivity contribution in [1.29, 1.82) is 0 Å². The molecule has 8 nitrogen and oxygen atoms in total. The first-order valence-corrected chi connectivity index (χ1v) is 12.3. The van der Waals surface area contributed by atoms with Crippen molar-refractivity contribution >= 4 is 22.0 Å². The summed E-state index contributed by atoms with van der Waals surface area (Å²) >= 11 is 0. The molecule has 2 fully saturated rings.